The van der Waals surface area contributed by atoms with E-state index in [1.165, 1.54) is 12.1 Å². The molecule has 1 aromatic carbocycles. The first kappa shape index (κ1) is 87.9. The summed E-state index contributed by atoms with van der Waals surface area (Å²) in [4.78, 5) is 5.40. The molecule has 0 spiro atoms. The van der Waals surface area contributed by atoms with Gasteiger partial charge in [-0.05, 0) is 30.1 Å². The van der Waals surface area contributed by atoms with Crippen LogP contribution in [0.4, 0.5) is 0 Å². The Morgan fingerprint density at radius 2 is 0.472 bits per heavy atom. The molecule has 0 bridgehead atoms. The van der Waals surface area contributed by atoms with Gasteiger partial charge in [0.05, 0.1) is 309 Å². The number of hydrogen-bond acceptors (Lipinski definition) is 28. The van der Waals surface area contributed by atoms with Crippen LogP contribution in [-0.2, 0) is 119 Å². The summed E-state index contributed by atoms with van der Waals surface area (Å²) in [5, 5.41) is 15.3. The summed E-state index contributed by atoms with van der Waals surface area (Å²) >= 11 is 0. The van der Waals surface area contributed by atoms with Crippen LogP contribution in [0.15, 0.2) is 39.4 Å². The SMILES string of the molecule is C.Cc1ccc(S(=O)(=O)OCCOCCOCCOCCOCCOCCOCCOCCOCCOCCOCCOCCN=[N+]=[N-])cc1.[N-]=[N+]=NCCOCCOCCOCCOCCOCCOCCOCCOCCOCCOCCOCCO. The van der Waals surface area contributed by atoms with E-state index in [4.69, 9.17) is 125 Å². The van der Waals surface area contributed by atoms with Gasteiger partial charge in [-0.15, -0.1) is 0 Å². The van der Waals surface area contributed by atoms with Gasteiger partial charge in [0, 0.05) is 22.9 Å². The standard InChI is InChI=1S/C31H55N3O14S.C24H49N3O12.CH4/c1-30-2-4-31(5-3-30)49(35,36)48-29-28-47-27-26-46-25-24-45-23-22-44-21-20-43-19-18-42-17-16-41-15-14-40-13-12-39-11-10-38-9-8-37-7-6-33-34-32;25-27-26-1-3-29-5-7-31-9-11-33-13-15-35-17-19-37-21-23-39-24-22-38-20-18-36-16-14-34-12-10-32-8-6-30-4-2-28;/h2-5H,6-29H2,1H3;28H,1-24H2;1H4. The molecule has 0 amide bonds. The van der Waals surface area contributed by atoms with Crippen LogP contribution in [0.2, 0.25) is 0 Å². The summed E-state index contributed by atoms with van der Waals surface area (Å²) in [5.74, 6) is 0. The average Bonchev–Trinajstić information content (AvgIpc) is 3.63. The summed E-state index contributed by atoms with van der Waals surface area (Å²) in [6.07, 6.45) is 0. The molecule has 0 aliphatic rings. The van der Waals surface area contributed by atoms with Crippen molar-refractivity contribution in [2.75, 3.05) is 317 Å². The van der Waals surface area contributed by atoms with E-state index in [2.05, 4.69) is 20.1 Å². The molecular weight excluding hydrogens is 1200 g/mol. The zero-order chi connectivity index (χ0) is 63.5. The number of hydrogen-bond donors (Lipinski definition) is 1. The van der Waals surface area contributed by atoms with Gasteiger partial charge in [0.25, 0.3) is 10.1 Å². The number of benzene rings is 1. The molecule has 0 aromatic heterocycles. The fourth-order valence-electron chi connectivity index (χ4n) is 5.94. The zero-order valence-corrected chi connectivity index (χ0v) is 52.8. The van der Waals surface area contributed by atoms with E-state index in [1.807, 2.05) is 6.92 Å². The van der Waals surface area contributed by atoms with Crippen molar-refractivity contribution in [3.8, 4) is 0 Å². The molecule has 0 radical (unpaired) electrons. The first-order valence-electron chi connectivity index (χ1n) is 29.8. The second kappa shape index (κ2) is 77.3. The van der Waals surface area contributed by atoms with Gasteiger partial charge >= 0.3 is 0 Å². The van der Waals surface area contributed by atoms with E-state index in [0.717, 1.165) is 5.56 Å². The quantitative estimate of drug-likeness (QED) is 0.0321. The number of aryl methyl sites for hydroxylation is 1. The number of ether oxygens (including phenoxy) is 22. The van der Waals surface area contributed by atoms with E-state index < -0.39 is 10.1 Å². The van der Waals surface area contributed by atoms with Crippen molar-refractivity contribution in [1.82, 2.24) is 0 Å². The minimum atomic E-state index is -3.78. The monoisotopic (exact) mass is 1310 g/mol. The highest BCUT2D eigenvalue weighted by atomic mass is 32.2. The Balaban J connectivity index is 0. The molecule has 33 heteroatoms. The summed E-state index contributed by atoms with van der Waals surface area (Å²) in [7, 11) is -3.78. The molecule has 1 N–H and O–H groups in total. The number of nitrogens with zero attached hydrogens (tertiary/aromatic N) is 6. The second-order valence-corrected chi connectivity index (χ2v) is 18.8. The summed E-state index contributed by atoms with van der Waals surface area (Å²) in [6.45, 7) is 22.7. The molecule has 1 rings (SSSR count). The largest absolute Gasteiger partial charge is 0.394 e. The molecule has 0 fully saturated rings. The Kier molecular flexibility index (Phi) is 76.3. The molecule has 524 valence electrons. The lowest BCUT2D eigenvalue weighted by Crippen LogP contribution is -2.16. The van der Waals surface area contributed by atoms with E-state index in [9.17, 15) is 8.42 Å². The Hall–Kier alpha value is -3.17. The van der Waals surface area contributed by atoms with Crippen molar-refractivity contribution >= 4 is 10.1 Å². The van der Waals surface area contributed by atoms with Gasteiger partial charge in [-0.1, -0.05) is 35.4 Å². The Labute approximate surface area is 527 Å². The van der Waals surface area contributed by atoms with Gasteiger partial charge in [-0.25, -0.2) is 0 Å². The number of rotatable bonds is 73. The molecule has 0 aliphatic carbocycles. The van der Waals surface area contributed by atoms with Crippen molar-refractivity contribution in [2.24, 2.45) is 10.2 Å². The molecule has 1 aromatic rings. The molecular formula is C56H108N6O26S. The maximum absolute atomic E-state index is 12.1. The van der Waals surface area contributed by atoms with Crippen LogP contribution >= 0.6 is 0 Å². The van der Waals surface area contributed by atoms with Crippen LogP contribution in [0.1, 0.15) is 13.0 Å². The fourth-order valence-corrected chi connectivity index (χ4v) is 6.84. The number of azide groups is 2. The van der Waals surface area contributed by atoms with Gasteiger partial charge in [0.15, 0.2) is 0 Å². The van der Waals surface area contributed by atoms with Crippen molar-refractivity contribution < 1.29 is 122 Å². The molecule has 0 saturated heterocycles. The summed E-state index contributed by atoms with van der Waals surface area (Å²) < 4.78 is 147. The molecule has 0 heterocycles. The van der Waals surface area contributed by atoms with Gasteiger partial charge in [-0.3, -0.25) is 4.18 Å². The summed E-state index contributed by atoms with van der Waals surface area (Å²) in [6, 6.07) is 6.47. The maximum Gasteiger partial charge on any atom is 0.297 e. The third-order valence-electron chi connectivity index (χ3n) is 10.2. The molecule has 89 heavy (non-hydrogen) atoms. The maximum atomic E-state index is 12.1. The first-order chi connectivity index (χ1) is 43.5. The molecule has 0 aliphatic heterocycles. The van der Waals surface area contributed by atoms with Crippen molar-refractivity contribution in [3.05, 3.63) is 50.7 Å². The van der Waals surface area contributed by atoms with Gasteiger partial charge in [0.1, 0.15) is 0 Å². The topological polar surface area (TPSA) is 364 Å². The van der Waals surface area contributed by atoms with Crippen LogP contribution in [0.5, 0.6) is 0 Å². The Morgan fingerprint density at radius 3 is 0.652 bits per heavy atom. The van der Waals surface area contributed by atoms with E-state index in [0.29, 0.717) is 297 Å². The van der Waals surface area contributed by atoms with Crippen LogP contribution in [-0.4, -0.2) is 331 Å². The average molecular weight is 1310 g/mol. The first-order valence-corrected chi connectivity index (χ1v) is 31.2. The Morgan fingerprint density at radius 1 is 0.303 bits per heavy atom. The zero-order valence-electron chi connectivity index (χ0n) is 52.0. The Bertz CT molecular complexity index is 1750. The van der Waals surface area contributed by atoms with Crippen LogP contribution < -0.4 is 0 Å². The van der Waals surface area contributed by atoms with E-state index in [1.54, 1.807) is 12.1 Å². The van der Waals surface area contributed by atoms with Crippen LogP contribution in [0, 0.1) is 6.92 Å². The lowest BCUT2D eigenvalue weighted by molar-refractivity contribution is -0.0277. The predicted octanol–water partition coefficient (Wildman–Crippen LogP) is 3.30. The number of aliphatic hydroxyl groups excluding tert-OH is 1. The van der Waals surface area contributed by atoms with Crippen LogP contribution in [0.3, 0.4) is 0 Å². The number of aliphatic hydroxyl groups is 1. The van der Waals surface area contributed by atoms with E-state index in [-0.39, 0.29) is 32.1 Å². The molecule has 32 nitrogen and oxygen atoms in total. The lowest BCUT2D eigenvalue weighted by Gasteiger charge is -2.09. The highest BCUT2D eigenvalue weighted by molar-refractivity contribution is 7.86. The van der Waals surface area contributed by atoms with E-state index >= 15 is 0 Å². The minimum absolute atomic E-state index is 0. The third kappa shape index (κ3) is 73.8. The minimum Gasteiger partial charge on any atom is -0.394 e. The highest BCUT2D eigenvalue weighted by Crippen LogP contribution is 2.13. The fraction of sp³-hybridized carbons (Fsp3) is 0.893. The second-order valence-electron chi connectivity index (χ2n) is 17.2. The smallest absolute Gasteiger partial charge is 0.297 e. The van der Waals surface area contributed by atoms with Gasteiger partial charge in [-0.2, -0.15) is 8.42 Å². The summed E-state index contributed by atoms with van der Waals surface area (Å²) in [5.41, 5.74) is 17.2. The van der Waals surface area contributed by atoms with Crippen LogP contribution in [0.25, 0.3) is 20.9 Å². The lowest BCUT2D eigenvalue weighted by atomic mass is 10.2. The van der Waals surface area contributed by atoms with Crippen molar-refractivity contribution in [1.29, 1.82) is 0 Å². The highest BCUT2D eigenvalue weighted by Gasteiger charge is 2.14. The normalized spacial score (nSPS) is 11.3. The molecule has 0 saturated carbocycles. The van der Waals surface area contributed by atoms with Crippen molar-refractivity contribution in [2.45, 2.75) is 19.2 Å². The van der Waals surface area contributed by atoms with Gasteiger partial charge in [0.2, 0.25) is 0 Å². The molecule has 0 atom stereocenters. The van der Waals surface area contributed by atoms with Crippen molar-refractivity contribution in [3.63, 3.8) is 0 Å². The third-order valence-corrected chi connectivity index (χ3v) is 11.6. The predicted molar refractivity (Wildman–Crippen MR) is 324 cm³/mol. The molecule has 0 unspecified atom stereocenters. The van der Waals surface area contributed by atoms with Gasteiger partial charge < -0.3 is 109 Å².